The highest BCUT2D eigenvalue weighted by Crippen LogP contribution is 2.19. The van der Waals surface area contributed by atoms with E-state index in [9.17, 15) is 9.18 Å². The zero-order valence-corrected chi connectivity index (χ0v) is 12.1. The van der Waals surface area contributed by atoms with E-state index in [1.54, 1.807) is 36.4 Å². The van der Waals surface area contributed by atoms with Gasteiger partial charge in [0.2, 0.25) is 0 Å². The van der Waals surface area contributed by atoms with Crippen molar-refractivity contribution in [2.24, 2.45) is 0 Å². The van der Waals surface area contributed by atoms with E-state index in [1.165, 1.54) is 6.07 Å². The topological polar surface area (TPSA) is 49.3 Å². The van der Waals surface area contributed by atoms with Gasteiger partial charge in [0.25, 0.3) is 0 Å². The Labute approximate surface area is 123 Å². The van der Waals surface area contributed by atoms with Crippen LogP contribution in [0, 0.1) is 12.7 Å². The van der Waals surface area contributed by atoms with Crippen LogP contribution in [-0.4, -0.2) is 17.1 Å². The third kappa shape index (κ3) is 3.81. The zero-order chi connectivity index (χ0) is 15.4. The van der Waals surface area contributed by atoms with Gasteiger partial charge < -0.3 is 10.4 Å². The van der Waals surface area contributed by atoms with Crippen LogP contribution in [0.4, 0.5) is 10.1 Å². The molecule has 1 atom stereocenters. The maximum atomic E-state index is 13.6. The summed E-state index contributed by atoms with van der Waals surface area (Å²) in [5, 5.41) is 12.3. The lowest BCUT2D eigenvalue weighted by Gasteiger charge is -2.18. The van der Waals surface area contributed by atoms with Crippen molar-refractivity contribution < 1.29 is 14.3 Å². The number of hydrogen-bond acceptors (Lipinski definition) is 2. The second kappa shape index (κ2) is 6.39. The average molecular weight is 287 g/mol. The number of halogens is 1. The molecular formula is C17H18FNO2. The maximum absolute atomic E-state index is 13.6. The zero-order valence-electron chi connectivity index (χ0n) is 12.1. The number of carboxylic acids is 1. The molecule has 0 amide bonds. The Balaban J connectivity index is 2.12. The summed E-state index contributed by atoms with van der Waals surface area (Å²) in [6.45, 7) is 3.85. The summed E-state index contributed by atoms with van der Waals surface area (Å²) in [7, 11) is 0. The van der Waals surface area contributed by atoms with Gasteiger partial charge in [0.1, 0.15) is 5.82 Å². The Morgan fingerprint density at radius 1 is 1.29 bits per heavy atom. The van der Waals surface area contributed by atoms with Crippen molar-refractivity contribution in [3.05, 3.63) is 65.0 Å². The first-order chi connectivity index (χ1) is 9.97. The summed E-state index contributed by atoms with van der Waals surface area (Å²) in [4.78, 5) is 11.0. The van der Waals surface area contributed by atoms with Gasteiger partial charge in [-0.15, -0.1) is 0 Å². The monoisotopic (exact) mass is 287 g/mol. The Morgan fingerprint density at radius 3 is 2.67 bits per heavy atom. The Hall–Kier alpha value is -2.36. The van der Waals surface area contributed by atoms with Crippen LogP contribution in [0.1, 0.15) is 28.4 Å². The largest absolute Gasteiger partial charge is 0.478 e. The van der Waals surface area contributed by atoms with Gasteiger partial charge in [-0.05, 0) is 49.6 Å². The van der Waals surface area contributed by atoms with E-state index in [4.69, 9.17) is 5.11 Å². The molecule has 2 aromatic carbocycles. The Bertz CT molecular complexity index is 655. The van der Waals surface area contributed by atoms with Crippen molar-refractivity contribution in [1.82, 2.24) is 0 Å². The molecule has 110 valence electrons. The van der Waals surface area contributed by atoms with Gasteiger partial charge in [0.15, 0.2) is 0 Å². The summed E-state index contributed by atoms with van der Waals surface area (Å²) < 4.78 is 13.6. The van der Waals surface area contributed by atoms with Crippen LogP contribution < -0.4 is 5.32 Å². The fraction of sp³-hybridized carbons (Fsp3) is 0.235. The first-order valence-electron chi connectivity index (χ1n) is 6.81. The number of hydrogen-bond donors (Lipinski definition) is 2. The molecule has 1 unspecified atom stereocenters. The van der Waals surface area contributed by atoms with Crippen molar-refractivity contribution in [1.29, 1.82) is 0 Å². The Morgan fingerprint density at radius 2 is 2.00 bits per heavy atom. The first kappa shape index (κ1) is 15.0. The quantitative estimate of drug-likeness (QED) is 0.877. The van der Waals surface area contributed by atoms with Crippen LogP contribution in [0.25, 0.3) is 0 Å². The third-order valence-electron chi connectivity index (χ3n) is 3.37. The van der Waals surface area contributed by atoms with Gasteiger partial charge >= 0.3 is 5.97 Å². The normalized spacial score (nSPS) is 12.0. The predicted molar refractivity (Wildman–Crippen MR) is 81.3 cm³/mol. The number of aryl methyl sites for hydroxylation is 1. The molecule has 0 aromatic heterocycles. The minimum atomic E-state index is -0.959. The van der Waals surface area contributed by atoms with Gasteiger partial charge in [-0.25, -0.2) is 9.18 Å². The molecule has 0 aliphatic rings. The van der Waals surface area contributed by atoms with E-state index in [-0.39, 0.29) is 17.4 Å². The highest BCUT2D eigenvalue weighted by Gasteiger charge is 2.11. The van der Waals surface area contributed by atoms with Crippen LogP contribution in [0.15, 0.2) is 42.5 Å². The van der Waals surface area contributed by atoms with E-state index >= 15 is 0 Å². The number of carboxylic acid groups (broad SMARTS) is 1. The molecule has 0 heterocycles. The van der Waals surface area contributed by atoms with Crippen molar-refractivity contribution in [3.8, 4) is 0 Å². The van der Waals surface area contributed by atoms with Crippen molar-refractivity contribution >= 4 is 11.7 Å². The molecule has 0 spiro atoms. The number of aromatic carboxylic acids is 1. The first-order valence-corrected chi connectivity index (χ1v) is 6.81. The summed E-state index contributed by atoms with van der Waals surface area (Å²) >= 11 is 0. The second-order valence-electron chi connectivity index (χ2n) is 5.18. The average Bonchev–Trinajstić information content (AvgIpc) is 2.43. The van der Waals surface area contributed by atoms with Crippen LogP contribution in [0.5, 0.6) is 0 Å². The lowest BCUT2D eigenvalue weighted by molar-refractivity contribution is 0.0697. The predicted octanol–water partition coefficient (Wildman–Crippen LogP) is 3.88. The molecule has 2 N–H and O–H groups in total. The summed E-state index contributed by atoms with van der Waals surface area (Å²) in [5.41, 5.74) is 2.60. The van der Waals surface area contributed by atoms with Gasteiger partial charge in [-0.2, -0.15) is 0 Å². The number of carbonyl (C=O) groups is 1. The summed E-state index contributed by atoms with van der Waals surface area (Å²) in [5.74, 6) is -1.18. The standard InChI is InChI=1S/C17H18FNO2/c1-11-7-8-14(17(20)21)10-16(11)19-12(2)9-13-5-3-4-6-15(13)18/h3-8,10,12,19H,9H2,1-2H3,(H,20,21). The minimum Gasteiger partial charge on any atom is -0.478 e. The Kier molecular flexibility index (Phi) is 4.58. The highest BCUT2D eigenvalue weighted by atomic mass is 19.1. The smallest absolute Gasteiger partial charge is 0.335 e. The molecular weight excluding hydrogens is 269 g/mol. The number of benzene rings is 2. The highest BCUT2D eigenvalue weighted by molar-refractivity contribution is 5.89. The molecule has 21 heavy (non-hydrogen) atoms. The molecule has 0 aliphatic carbocycles. The van der Waals surface area contributed by atoms with Crippen molar-refractivity contribution in [2.75, 3.05) is 5.32 Å². The molecule has 0 aliphatic heterocycles. The van der Waals surface area contributed by atoms with Crippen LogP contribution in [0.3, 0.4) is 0 Å². The summed E-state index contributed by atoms with van der Waals surface area (Å²) in [6, 6.07) is 11.6. The molecule has 3 nitrogen and oxygen atoms in total. The maximum Gasteiger partial charge on any atom is 0.335 e. The molecule has 2 aromatic rings. The van der Waals surface area contributed by atoms with Crippen molar-refractivity contribution in [2.45, 2.75) is 26.3 Å². The van der Waals surface area contributed by atoms with Crippen molar-refractivity contribution in [3.63, 3.8) is 0 Å². The van der Waals surface area contributed by atoms with E-state index in [2.05, 4.69) is 5.32 Å². The van der Waals surface area contributed by atoms with Gasteiger partial charge in [0.05, 0.1) is 5.56 Å². The molecule has 4 heteroatoms. The van der Waals surface area contributed by atoms with E-state index < -0.39 is 5.97 Å². The molecule has 0 fully saturated rings. The minimum absolute atomic E-state index is 0.00959. The second-order valence-corrected chi connectivity index (χ2v) is 5.18. The van der Waals surface area contributed by atoms with Gasteiger partial charge in [0, 0.05) is 11.7 Å². The molecule has 2 rings (SSSR count). The summed E-state index contributed by atoms with van der Waals surface area (Å²) in [6.07, 6.45) is 0.531. The van der Waals surface area contributed by atoms with Crippen LogP contribution in [-0.2, 0) is 6.42 Å². The molecule has 0 radical (unpaired) electrons. The fourth-order valence-corrected chi connectivity index (χ4v) is 2.22. The van der Waals surface area contributed by atoms with Crippen LogP contribution >= 0.6 is 0 Å². The lowest BCUT2D eigenvalue weighted by Crippen LogP contribution is -2.19. The number of anilines is 1. The fourth-order valence-electron chi connectivity index (χ4n) is 2.22. The molecule has 0 saturated carbocycles. The van der Waals surface area contributed by atoms with E-state index in [1.807, 2.05) is 13.8 Å². The SMILES string of the molecule is Cc1ccc(C(=O)O)cc1NC(C)Cc1ccccc1F. The van der Waals surface area contributed by atoms with E-state index in [0.717, 1.165) is 11.3 Å². The van der Waals surface area contributed by atoms with E-state index in [0.29, 0.717) is 12.0 Å². The molecule has 0 bridgehead atoms. The van der Waals surface area contributed by atoms with Crippen LogP contribution in [0.2, 0.25) is 0 Å². The number of rotatable bonds is 5. The molecule has 0 saturated heterocycles. The third-order valence-corrected chi connectivity index (χ3v) is 3.37. The van der Waals surface area contributed by atoms with Gasteiger partial charge in [-0.3, -0.25) is 0 Å². The van der Waals surface area contributed by atoms with Gasteiger partial charge in [-0.1, -0.05) is 24.3 Å². The lowest BCUT2D eigenvalue weighted by atomic mass is 10.0. The number of nitrogens with one attached hydrogen (secondary N) is 1.